The van der Waals surface area contributed by atoms with E-state index in [1.165, 1.54) is 6.07 Å². The van der Waals surface area contributed by atoms with E-state index in [0.717, 1.165) is 12.6 Å². The Bertz CT molecular complexity index is 556. The van der Waals surface area contributed by atoms with Gasteiger partial charge in [-0.25, -0.2) is 12.8 Å². The summed E-state index contributed by atoms with van der Waals surface area (Å²) in [5, 5.41) is 2.79. The first-order valence-electron chi connectivity index (χ1n) is 6.16. The van der Waals surface area contributed by atoms with Crippen LogP contribution < -0.4 is 5.32 Å². The molecular formula is C13H18FNO2S. The summed E-state index contributed by atoms with van der Waals surface area (Å²) < 4.78 is 37.9. The van der Waals surface area contributed by atoms with Gasteiger partial charge in [-0.3, -0.25) is 0 Å². The summed E-state index contributed by atoms with van der Waals surface area (Å²) in [4.78, 5) is 0.138. The summed E-state index contributed by atoms with van der Waals surface area (Å²) in [6.07, 6.45) is 0. The van der Waals surface area contributed by atoms with Crippen molar-refractivity contribution in [1.82, 2.24) is 5.32 Å². The quantitative estimate of drug-likeness (QED) is 0.897. The minimum Gasteiger partial charge on any atom is -0.310 e. The lowest BCUT2D eigenvalue weighted by molar-refractivity contribution is 0.363. The first-order chi connectivity index (χ1) is 8.39. The van der Waals surface area contributed by atoms with Gasteiger partial charge in [-0.05, 0) is 37.1 Å². The van der Waals surface area contributed by atoms with E-state index >= 15 is 0 Å². The first kappa shape index (κ1) is 13.5. The molecule has 2 rings (SSSR count). The van der Waals surface area contributed by atoms with E-state index in [2.05, 4.69) is 5.32 Å². The lowest BCUT2D eigenvalue weighted by Crippen LogP contribution is -2.41. The first-order valence-corrected chi connectivity index (χ1v) is 7.71. The van der Waals surface area contributed by atoms with Gasteiger partial charge in [-0.2, -0.15) is 0 Å². The van der Waals surface area contributed by atoms with Crippen LogP contribution in [-0.4, -0.2) is 20.2 Å². The molecule has 1 heterocycles. The fraction of sp³-hybridized carbons (Fsp3) is 0.538. The molecule has 1 aromatic rings. The van der Waals surface area contributed by atoms with E-state index < -0.39 is 20.9 Å². The van der Waals surface area contributed by atoms with Crippen molar-refractivity contribution in [2.75, 3.05) is 6.54 Å². The number of hydrogen-bond donors (Lipinski definition) is 1. The second kappa shape index (κ2) is 4.63. The Hall–Kier alpha value is -0.940. The molecule has 0 saturated heterocycles. The predicted molar refractivity (Wildman–Crippen MR) is 68.6 cm³/mol. The summed E-state index contributed by atoms with van der Waals surface area (Å²) in [6.45, 7) is 6.34. The van der Waals surface area contributed by atoms with E-state index in [1.54, 1.807) is 13.0 Å². The SMILES string of the molecule is CCNC1c2ccc(F)cc2S(=O)(=O)C(C)C1C. The molecule has 3 unspecified atom stereocenters. The molecule has 1 N–H and O–H groups in total. The van der Waals surface area contributed by atoms with E-state index in [4.69, 9.17) is 0 Å². The number of sulfone groups is 1. The Labute approximate surface area is 107 Å². The van der Waals surface area contributed by atoms with Crippen molar-refractivity contribution in [1.29, 1.82) is 0 Å². The third-order valence-electron chi connectivity index (χ3n) is 3.80. The highest BCUT2D eigenvalue weighted by molar-refractivity contribution is 7.92. The van der Waals surface area contributed by atoms with Crippen LogP contribution in [0.15, 0.2) is 23.1 Å². The monoisotopic (exact) mass is 271 g/mol. The van der Waals surface area contributed by atoms with Crippen LogP contribution in [0.2, 0.25) is 0 Å². The molecule has 0 amide bonds. The van der Waals surface area contributed by atoms with Crippen LogP contribution in [-0.2, 0) is 9.84 Å². The van der Waals surface area contributed by atoms with Gasteiger partial charge in [-0.15, -0.1) is 0 Å². The third kappa shape index (κ3) is 1.95. The summed E-state index contributed by atoms with van der Waals surface area (Å²) in [6, 6.07) is 4.00. The maximum absolute atomic E-state index is 13.3. The smallest absolute Gasteiger partial charge is 0.181 e. The van der Waals surface area contributed by atoms with Gasteiger partial charge in [0.25, 0.3) is 0 Å². The fourth-order valence-corrected chi connectivity index (χ4v) is 4.49. The Morgan fingerprint density at radius 1 is 1.33 bits per heavy atom. The number of benzene rings is 1. The zero-order chi connectivity index (χ0) is 13.5. The van der Waals surface area contributed by atoms with Gasteiger partial charge in [0, 0.05) is 6.04 Å². The van der Waals surface area contributed by atoms with Crippen molar-refractivity contribution < 1.29 is 12.8 Å². The van der Waals surface area contributed by atoms with Gasteiger partial charge >= 0.3 is 0 Å². The van der Waals surface area contributed by atoms with Crippen LogP contribution in [0.25, 0.3) is 0 Å². The molecule has 100 valence electrons. The van der Waals surface area contributed by atoms with Gasteiger partial charge in [0.1, 0.15) is 5.82 Å². The van der Waals surface area contributed by atoms with Crippen LogP contribution in [0.5, 0.6) is 0 Å². The van der Waals surface area contributed by atoms with Gasteiger partial charge in [0.15, 0.2) is 9.84 Å². The van der Waals surface area contributed by atoms with Crippen LogP contribution in [0, 0.1) is 11.7 Å². The van der Waals surface area contributed by atoms with E-state index in [-0.39, 0.29) is 16.9 Å². The molecule has 18 heavy (non-hydrogen) atoms. The molecule has 3 nitrogen and oxygen atoms in total. The molecule has 0 aromatic heterocycles. The number of fused-ring (bicyclic) bond motifs is 1. The number of halogens is 1. The summed E-state index contributed by atoms with van der Waals surface area (Å²) in [7, 11) is -3.42. The molecule has 0 spiro atoms. The van der Waals surface area contributed by atoms with Crippen LogP contribution in [0.3, 0.4) is 0 Å². The lowest BCUT2D eigenvalue weighted by atomic mass is 9.91. The molecule has 0 radical (unpaired) electrons. The molecule has 0 bridgehead atoms. The molecule has 0 saturated carbocycles. The Morgan fingerprint density at radius 3 is 2.61 bits per heavy atom. The average molecular weight is 271 g/mol. The Morgan fingerprint density at radius 2 is 2.00 bits per heavy atom. The maximum Gasteiger partial charge on any atom is 0.181 e. The second-order valence-electron chi connectivity index (χ2n) is 4.83. The van der Waals surface area contributed by atoms with Crippen LogP contribution in [0.4, 0.5) is 4.39 Å². The van der Waals surface area contributed by atoms with Crippen LogP contribution >= 0.6 is 0 Å². The summed E-state index contributed by atoms with van der Waals surface area (Å²) in [5.74, 6) is -0.540. The average Bonchev–Trinajstić information content (AvgIpc) is 2.33. The highest BCUT2D eigenvalue weighted by Crippen LogP contribution is 2.40. The van der Waals surface area contributed by atoms with E-state index in [9.17, 15) is 12.8 Å². The lowest BCUT2D eigenvalue weighted by Gasteiger charge is -2.36. The molecule has 3 atom stereocenters. The normalized spacial score (nSPS) is 29.9. The molecule has 1 aliphatic rings. The topological polar surface area (TPSA) is 46.2 Å². The maximum atomic E-state index is 13.3. The molecule has 0 aliphatic carbocycles. The van der Waals surface area contributed by atoms with E-state index in [0.29, 0.717) is 5.56 Å². The predicted octanol–water partition coefficient (Wildman–Crippen LogP) is 2.29. The molecule has 5 heteroatoms. The number of rotatable bonds is 2. The Balaban J connectivity index is 2.65. The summed E-state index contributed by atoms with van der Waals surface area (Å²) >= 11 is 0. The van der Waals surface area contributed by atoms with Gasteiger partial charge in [-0.1, -0.05) is 19.9 Å². The van der Waals surface area contributed by atoms with Crippen molar-refractivity contribution in [2.24, 2.45) is 5.92 Å². The minimum absolute atomic E-state index is 0.0343. The van der Waals surface area contributed by atoms with Gasteiger partial charge in [0.2, 0.25) is 0 Å². The molecule has 1 aliphatic heterocycles. The van der Waals surface area contributed by atoms with E-state index in [1.807, 2.05) is 13.8 Å². The van der Waals surface area contributed by atoms with Crippen molar-refractivity contribution in [3.05, 3.63) is 29.6 Å². The van der Waals surface area contributed by atoms with Crippen molar-refractivity contribution in [2.45, 2.75) is 37.0 Å². The van der Waals surface area contributed by atoms with Gasteiger partial charge in [0.05, 0.1) is 10.1 Å². The van der Waals surface area contributed by atoms with Crippen molar-refractivity contribution >= 4 is 9.84 Å². The van der Waals surface area contributed by atoms with Crippen molar-refractivity contribution in [3.8, 4) is 0 Å². The summed E-state index contributed by atoms with van der Waals surface area (Å²) in [5.41, 5.74) is 0.684. The molecular weight excluding hydrogens is 253 g/mol. The highest BCUT2D eigenvalue weighted by atomic mass is 32.2. The number of hydrogen-bond acceptors (Lipinski definition) is 3. The standard InChI is InChI=1S/C13H18FNO2S/c1-4-15-13-8(2)9(3)18(16,17)12-7-10(14)5-6-11(12)13/h5-9,13,15H,4H2,1-3H3. The largest absolute Gasteiger partial charge is 0.310 e. The molecule has 0 fully saturated rings. The number of nitrogens with one attached hydrogen (secondary N) is 1. The zero-order valence-corrected chi connectivity index (χ0v) is 11.6. The van der Waals surface area contributed by atoms with Gasteiger partial charge < -0.3 is 5.32 Å². The van der Waals surface area contributed by atoms with Crippen LogP contribution in [0.1, 0.15) is 32.4 Å². The van der Waals surface area contributed by atoms with Crippen molar-refractivity contribution in [3.63, 3.8) is 0 Å². The zero-order valence-electron chi connectivity index (χ0n) is 10.8. The molecule has 1 aromatic carbocycles. The second-order valence-corrected chi connectivity index (χ2v) is 7.10. The Kier molecular flexibility index (Phi) is 3.47. The third-order valence-corrected chi connectivity index (χ3v) is 6.17. The fourth-order valence-electron chi connectivity index (χ4n) is 2.56. The highest BCUT2D eigenvalue weighted by Gasteiger charge is 2.41. The minimum atomic E-state index is -3.42.